The monoisotopic (exact) mass is 287 g/mol. The standard InChI is InChI=1S/C16H17NO4/c1-10(7-11-5-6-14(19)15(20)8-11)16(21)17-12-3-2-4-13(18)9-12/h2-6,8-10,18-20H,7H2,1H3,(H,17,21). The second-order valence-corrected chi connectivity index (χ2v) is 4.97. The number of carbonyl (C=O) groups is 1. The molecule has 0 aromatic heterocycles. The van der Waals surface area contributed by atoms with E-state index in [1.54, 1.807) is 25.1 Å². The van der Waals surface area contributed by atoms with Crippen molar-refractivity contribution >= 4 is 11.6 Å². The lowest BCUT2D eigenvalue weighted by Gasteiger charge is -2.13. The van der Waals surface area contributed by atoms with Gasteiger partial charge in [-0.15, -0.1) is 0 Å². The maximum absolute atomic E-state index is 12.1. The van der Waals surface area contributed by atoms with Crippen molar-refractivity contribution in [3.63, 3.8) is 0 Å². The van der Waals surface area contributed by atoms with Crippen LogP contribution in [0.1, 0.15) is 12.5 Å². The number of rotatable bonds is 4. The SMILES string of the molecule is CC(Cc1ccc(O)c(O)c1)C(=O)Nc1cccc(O)c1. The van der Waals surface area contributed by atoms with Crippen LogP contribution >= 0.6 is 0 Å². The largest absolute Gasteiger partial charge is 0.508 e. The fourth-order valence-corrected chi connectivity index (χ4v) is 1.99. The third kappa shape index (κ3) is 3.89. The molecule has 0 aliphatic heterocycles. The van der Waals surface area contributed by atoms with Crippen LogP contribution in [-0.4, -0.2) is 21.2 Å². The van der Waals surface area contributed by atoms with Gasteiger partial charge in [0.15, 0.2) is 11.5 Å². The zero-order chi connectivity index (χ0) is 15.4. The highest BCUT2D eigenvalue weighted by molar-refractivity contribution is 5.92. The molecule has 0 fully saturated rings. The Labute approximate surface area is 122 Å². The summed E-state index contributed by atoms with van der Waals surface area (Å²) in [6, 6.07) is 10.8. The molecule has 0 saturated heterocycles. The number of hydrogen-bond donors (Lipinski definition) is 4. The van der Waals surface area contributed by atoms with Crippen molar-refractivity contribution in [3.05, 3.63) is 48.0 Å². The lowest BCUT2D eigenvalue weighted by molar-refractivity contribution is -0.119. The van der Waals surface area contributed by atoms with Gasteiger partial charge < -0.3 is 20.6 Å². The van der Waals surface area contributed by atoms with Gasteiger partial charge in [0, 0.05) is 17.7 Å². The number of nitrogens with one attached hydrogen (secondary N) is 1. The third-order valence-corrected chi connectivity index (χ3v) is 3.14. The zero-order valence-corrected chi connectivity index (χ0v) is 11.6. The van der Waals surface area contributed by atoms with Crippen LogP contribution in [-0.2, 0) is 11.2 Å². The highest BCUT2D eigenvalue weighted by atomic mass is 16.3. The van der Waals surface area contributed by atoms with Crippen molar-refractivity contribution in [2.24, 2.45) is 5.92 Å². The van der Waals surface area contributed by atoms with Crippen molar-refractivity contribution in [1.82, 2.24) is 0 Å². The summed E-state index contributed by atoms with van der Waals surface area (Å²) in [5.41, 5.74) is 1.28. The summed E-state index contributed by atoms with van der Waals surface area (Å²) in [6.07, 6.45) is 0.429. The van der Waals surface area contributed by atoms with Gasteiger partial charge in [0.1, 0.15) is 5.75 Å². The van der Waals surface area contributed by atoms with Gasteiger partial charge in [0.2, 0.25) is 5.91 Å². The molecule has 1 amide bonds. The van der Waals surface area contributed by atoms with Gasteiger partial charge in [-0.25, -0.2) is 0 Å². The number of hydrogen-bond acceptors (Lipinski definition) is 4. The fourth-order valence-electron chi connectivity index (χ4n) is 1.99. The molecular weight excluding hydrogens is 270 g/mol. The van der Waals surface area contributed by atoms with Gasteiger partial charge in [0.05, 0.1) is 0 Å². The molecule has 2 aromatic carbocycles. The molecule has 0 saturated carbocycles. The van der Waals surface area contributed by atoms with Crippen LogP contribution in [0.3, 0.4) is 0 Å². The van der Waals surface area contributed by atoms with E-state index >= 15 is 0 Å². The quantitative estimate of drug-likeness (QED) is 0.651. The molecule has 4 N–H and O–H groups in total. The molecule has 1 atom stereocenters. The summed E-state index contributed by atoms with van der Waals surface area (Å²) < 4.78 is 0. The van der Waals surface area contributed by atoms with Crippen LogP contribution in [0.15, 0.2) is 42.5 Å². The van der Waals surface area contributed by atoms with E-state index in [0.717, 1.165) is 5.56 Å². The number of amides is 1. The number of phenolic OH excluding ortho intramolecular Hbond substituents is 3. The number of benzene rings is 2. The second kappa shape index (κ2) is 6.17. The molecular formula is C16H17NO4. The highest BCUT2D eigenvalue weighted by Gasteiger charge is 2.14. The van der Waals surface area contributed by atoms with Crippen LogP contribution in [0.2, 0.25) is 0 Å². The van der Waals surface area contributed by atoms with E-state index < -0.39 is 0 Å². The first-order chi connectivity index (χ1) is 9.95. The molecule has 0 radical (unpaired) electrons. The normalized spacial score (nSPS) is 11.9. The molecule has 21 heavy (non-hydrogen) atoms. The molecule has 2 aromatic rings. The van der Waals surface area contributed by atoms with E-state index in [1.807, 2.05) is 0 Å². The Balaban J connectivity index is 2.00. The Morgan fingerprint density at radius 2 is 1.86 bits per heavy atom. The predicted molar refractivity (Wildman–Crippen MR) is 79.4 cm³/mol. The molecule has 5 nitrogen and oxygen atoms in total. The molecule has 0 aliphatic rings. The van der Waals surface area contributed by atoms with E-state index in [1.165, 1.54) is 24.3 Å². The number of phenols is 3. The lowest BCUT2D eigenvalue weighted by Crippen LogP contribution is -2.22. The van der Waals surface area contributed by atoms with Gasteiger partial charge >= 0.3 is 0 Å². The average molecular weight is 287 g/mol. The Hall–Kier alpha value is -2.69. The molecule has 0 spiro atoms. The summed E-state index contributed by atoms with van der Waals surface area (Å²) in [4.78, 5) is 12.1. The van der Waals surface area contributed by atoms with Gasteiger partial charge in [-0.05, 0) is 36.2 Å². The molecule has 2 rings (SSSR count). The number of carbonyl (C=O) groups excluding carboxylic acids is 1. The number of anilines is 1. The van der Waals surface area contributed by atoms with Crippen molar-refractivity contribution in [2.75, 3.05) is 5.32 Å². The molecule has 5 heteroatoms. The van der Waals surface area contributed by atoms with Crippen LogP contribution in [0, 0.1) is 5.92 Å². The minimum absolute atomic E-state index is 0.0870. The summed E-state index contributed by atoms with van der Waals surface area (Å²) in [7, 11) is 0. The average Bonchev–Trinajstić information content (AvgIpc) is 2.43. The predicted octanol–water partition coefficient (Wildman–Crippen LogP) is 2.62. The van der Waals surface area contributed by atoms with Gasteiger partial charge in [-0.3, -0.25) is 4.79 Å². The maximum Gasteiger partial charge on any atom is 0.227 e. The van der Waals surface area contributed by atoms with Crippen LogP contribution in [0.4, 0.5) is 5.69 Å². The van der Waals surface area contributed by atoms with Crippen molar-refractivity contribution in [3.8, 4) is 17.2 Å². The Morgan fingerprint density at radius 3 is 2.52 bits per heavy atom. The second-order valence-electron chi connectivity index (χ2n) is 4.97. The molecule has 0 aliphatic carbocycles. The third-order valence-electron chi connectivity index (χ3n) is 3.14. The lowest BCUT2D eigenvalue weighted by atomic mass is 10.00. The smallest absolute Gasteiger partial charge is 0.227 e. The summed E-state index contributed by atoms with van der Waals surface area (Å²) in [6.45, 7) is 1.77. The first kappa shape index (κ1) is 14.7. The van der Waals surface area contributed by atoms with Crippen molar-refractivity contribution < 1.29 is 20.1 Å². The minimum atomic E-state index is -0.323. The summed E-state index contributed by atoms with van der Waals surface area (Å²) >= 11 is 0. The van der Waals surface area contributed by atoms with E-state index in [4.69, 9.17) is 0 Å². The van der Waals surface area contributed by atoms with Crippen molar-refractivity contribution in [2.45, 2.75) is 13.3 Å². The van der Waals surface area contributed by atoms with E-state index in [-0.39, 0.29) is 29.1 Å². The Bertz CT molecular complexity index is 654. The minimum Gasteiger partial charge on any atom is -0.508 e. The number of aromatic hydroxyl groups is 3. The van der Waals surface area contributed by atoms with E-state index in [9.17, 15) is 20.1 Å². The topological polar surface area (TPSA) is 89.8 Å². The van der Waals surface area contributed by atoms with E-state index in [0.29, 0.717) is 12.1 Å². The van der Waals surface area contributed by atoms with Gasteiger partial charge in [-0.2, -0.15) is 0 Å². The summed E-state index contributed by atoms with van der Waals surface area (Å²) in [5.74, 6) is -0.808. The van der Waals surface area contributed by atoms with Crippen LogP contribution in [0.25, 0.3) is 0 Å². The van der Waals surface area contributed by atoms with Crippen LogP contribution in [0.5, 0.6) is 17.2 Å². The van der Waals surface area contributed by atoms with Crippen LogP contribution < -0.4 is 5.32 Å². The molecule has 1 unspecified atom stereocenters. The summed E-state index contributed by atoms with van der Waals surface area (Å²) in [5, 5.41) is 30.8. The zero-order valence-electron chi connectivity index (χ0n) is 11.6. The first-order valence-corrected chi connectivity index (χ1v) is 6.56. The van der Waals surface area contributed by atoms with Crippen molar-refractivity contribution in [1.29, 1.82) is 0 Å². The fraction of sp³-hybridized carbons (Fsp3) is 0.188. The highest BCUT2D eigenvalue weighted by Crippen LogP contribution is 2.26. The molecule has 110 valence electrons. The van der Waals surface area contributed by atoms with Gasteiger partial charge in [-0.1, -0.05) is 19.1 Å². The first-order valence-electron chi connectivity index (χ1n) is 6.56. The maximum atomic E-state index is 12.1. The molecule has 0 bridgehead atoms. The Kier molecular flexibility index (Phi) is 4.33. The van der Waals surface area contributed by atoms with Gasteiger partial charge in [0.25, 0.3) is 0 Å². The Morgan fingerprint density at radius 1 is 1.10 bits per heavy atom. The van der Waals surface area contributed by atoms with E-state index in [2.05, 4.69) is 5.32 Å². The molecule has 0 heterocycles.